The van der Waals surface area contributed by atoms with Crippen molar-refractivity contribution < 1.29 is 26.4 Å². The third-order valence-electron chi connectivity index (χ3n) is 7.01. The van der Waals surface area contributed by atoms with Gasteiger partial charge in [-0.1, -0.05) is 84.1 Å². The van der Waals surface area contributed by atoms with E-state index in [0.29, 0.717) is 20.8 Å². The van der Waals surface area contributed by atoms with Gasteiger partial charge in [0.05, 0.1) is 15.9 Å². The summed E-state index contributed by atoms with van der Waals surface area (Å²) in [7, 11) is -9.11. The molecule has 5 aromatic rings. The van der Waals surface area contributed by atoms with Gasteiger partial charge in [0.25, 0.3) is 15.9 Å². The highest BCUT2D eigenvalue weighted by molar-refractivity contribution is 8.15. The van der Waals surface area contributed by atoms with Crippen LogP contribution in [0.4, 0.5) is 10.8 Å². The Morgan fingerprint density at radius 3 is 2.18 bits per heavy atom. The van der Waals surface area contributed by atoms with E-state index in [1.807, 2.05) is 78.9 Å². The number of amidine groups is 1. The van der Waals surface area contributed by atoms with E-state index in [4.69, 9.17) is 0 Å². The first-order valence-electron chi connectivity index (χ1n) is 13.1. The van der Waals surface area contributed by atoms with Gasteiger partial charge in [-0.25, -0.2) is 21.8 Å². The number of aromatic nitrogens is 1. The number of sulfonamides is 2. The van der Waals surface area contributed by atoms with E-state index >= 15 is 0 Å². The van der Waals surface area contributed by atoms with E-state index in [-0.39, 0.29) is 10.3 Å². The Balaban J connectivity index is 1.11. The zero-order chi connectivity index (χ0) is 30.6. The largest absolute Gasteiger partial charge is 0.296 e. The minimum absolute atomic E-state index is 0.00948. The number of hydrogen-bond donors (Lipinski definition) is 1. The number of amides is 1. The lowest BCUT2D eigenvalue weighted by atomic mass is 10.1. The summed E-state index contributed by atoms with van der Waals surface area (Å²) in [5.41, 5.74) is 4.60. The number of nitrogens with one attached hydrogen (secondary N) is 1. The number of carbonyl (C=O) groups is 2. The van der Waals surface area contributed by atoms with Crippen LogP contribution < -0.4 is 9.62 Å². The fraction of sp³-hybridized carbons (Fsp3) is 0.0667. The second kappa shape index (κ2) is 10.7. The molecule has 220 valence electrons. The van der Waals surface area contributed by atoms with E-state index in [1.165, 1.54) is 0 Å². The number of hydrogen-bond acceptors (Lipinski definition) is 9. The molecule has 0 aliphatic carbocycles. The van der Waals surface area contributed by atoms with Gasteiger partial charge < -0.3 is 0 Å². The monoisotopic (exact) mass is 660 g/mol. The number of ketones is 1. The third kappa shape index (κ3) is 5.19. The smallest absolute Gasteiger partial charge is 0.274 e. The molecule has 0 saturated carbocycles. The molecule has 1 N–H and O–H groups in total. The second-order valence-corrected chi connectivity index (χ2v) is 15.4. The van der Waals surface area contributed by atoms with Crippen LogP contribution in [0.5, 0.6) is 0 Å². The van der Waals surface area contributed by atoms with Crippen LogP contribution in [0, 0.1) is 0 Å². The molecular weight excluding hydrogens is 641 g/mol. The highest BCUT2D eigenvalue weighted by Crippen LogP contribution is 2.45. The molecule has 1 aromatic heterocycles. The van der Waals surface area contributed by atoms with Gasteiger partial charge in [0, 0.05) is 4.90 Å². The molecule has 0 radical (unpaired) electrons. The van der Waals surface area contributed by atoms with Gasteiger partial charge >= 0.3 is 0 Å². The average molecular weight is 661 g/mol. The lowest BCUT2D eigenvalue weighted by Gasteiger charge is -2.25. The van der Waals surface area contributed by atoms with Gasteiger partial charge in [-0.2, -0.15) is 0 Å². The Morgan fingerprint density at radius 1 is 0.864 bits per heavy atom. The zero-order valence-electron chi connectivity index (χ0n) is 22.4. The predicted molar refractivity (Wildman–Crippen MR) is 173 cm³/mol. The van der Waals surface area contributed by atoms with Gasteiger partial charge in [0.15, 0.2) is 16.1 Å². The number of anilines is 2. The first-order valence-corrected chi connectivity index (χ1v) is 17.9. The van der Waals surface area contributed by atoms with Crippen LogP contribution in [0.25, 0.3) is 32.5 Å². The van der Waals surface area contributed by atoms with Crippen molar-refractivity contribution in [2.75, 3.05) is 15.4 Å². The Bertz CT molecular complexity index is 2240. The molecule has 1 amide bonds. The van der Waals surface area contributed by atoms with Gasteiger partial charge in [0.1, 0.15) is 5.75 Å². The van der Waals surface area contributed by atoms with E-state index in [0.717, 1.165) is 50.3 Å². The fourth-order valence-corrected chi connectivity index (χ4v) is 9.93. The van der Waals surface area contributed by atoms with Crippen LogP contribution in [-0.4, -0.2) is 49.7 Å². The van der Waals surface area contributed by atoms with Crippen molar-refractivity contribution in [1.29, 1.82) is 0 Å². The van der Waals surface area contributed by atoms with Gasteiger partial charge in [-0.15, -0.1) is 4.40 Å². The molecule has 4 aromatic carbocycles. The number of carbonyl (C=O) groups excluding carboxylic acids is 2. The molecule has 14 heteroatoms. The summed E-state index contributed by atoms with van der Waals surface area (Å²) >= 11 is 2.06. The molecule has 1 unspecified atom stereocenters. The van der Waals surface area contributed by atoms with Crippen LogP contribution >= 0.6 is 23.1 Å². The number of rotatable bonds is 7. The Labute approximate surface area is 260 Å². The summed E-state index contributed by atoms with van der Waals surface area (Å²) in [5, 5.41) is -2.40. The maximum absolute atomic E-state index is 13.5. The first kappa shape index (κ1) is 28.4. The highest BCUT2D eigenvalue weighted by Gasteiger charge is 2.51. The number of nitrogens with zero attached hydrogens (tertiary/aromatic N) is 3. The fourth-order valence-electron chi connectivity index (χ4n) is 5.03. The molecular formula is C30H20N4O6S4. The zero-order valence-corrected chi connectivity index (χ0v) is 25.7. The summed E-state index contributed by atoms with van der Waals surface area (Å²) in [6.07, 6.45) is 0. The van der Waals surface area contributed by atoms with E-state index < -0.39 is 42.7 Å². The standard InChI is InChI=1S/C30H20N4O6S4/c35-24(17-43(37,38)32-29-31-22-13-11-20(15-25(22)41-29)18-7-3-1-4-8-18)27-28(36)34-23-14-12-21(19-9-5-2-6-10-19)16-26(23)42-30(34)33-44(27,39)40/h1-16,27H,17H2,(H,31,32). The van der Waals surface area contributed by atoms with Crippen LogP contribution in [0.2, 0.25) is 0 Å². The normalized spacial score (nSPS) is 17.2. The summed E-state index contributed by atoms with van der Waals surface area (Å²) in [6.45, 7) is 0. The highest BCUT2D eigenvalue weighted by atomic mass is 32.2. The minimum atomic E-state index is -4.68. The molecule has 10 nitrogen and oxygen atoms in total. The quantitative estimate of drug-likeness (QED) is 0.236. The maximum Gasteiger partial charge on any atom is 0.274 e. The lowest BCUT2D eigenvalue weighted by molar-refractivity contribution is -0.124. The Kier molecular flexibility index (Phi) is 6.88. The van der Waals surface area contributed by atoms with Crippen LogP contribution in [-0.2, 0) is 29.6 Å². The van der Waals surface area contributed by atoms with Crippen LogP contribution in [0.3, 0.4) is 0 Å². The molecule has 3 heterocycles. The van der Waals surface area contributed by atoms with E-state index in [1.54, 1.807) is 18.2 Å². The van der Waals surface area contributed by atoms with E-state index in [2.05, 4.69) is 14.1 Å². The molecule has 0 spiro atoms. The first-order chi connectivity index (χ1) is 21.1. The van der Waals surface area contributed by atoms with Crippen LogP contribution in [0.15, 0.2) is 106 Å². The summed E-state index contributed by atoms with van der Waals surface area (Å²) < 4.78 is 58.8. The Hall–Kier alpha value is -4.37. The minimum Gasteiger partial charge on any atom is -0.296 e. The number of Topliss-reactive ketones (excluding diaryl/α,β-unsaturated/α-hetero) is 1. The maximum atomic E-state index is 13.5. The Morgan fingerprint density at radius 2 is 1.50 bits per heavy atom. The molecule has 2 aliphatic heterocycles. The average Bonchev–Trinajstić information content (AvgIpc) is 3.55. The molecule has 44 heavy (non-hydrogen) atoms. The van der Waals surface area contributed by atoms with Crippen molar-refractivity contribution in [3.05, 3.63) is 97.1 Å². The number of thioether (sulfide) groups is 1. The number of benzene rings is 4. The molecule has 2 aliphatic rings. The summed E-state index contributed by atoms with van der Waals surface area (Å²) in [5.74, 6) is -3.63. The molecule has 0 saturated heterocycles. The van der Waals surface area contributed by atoms with Gasteiger partial charge in [0.2, 0.25) is 15.3 Å². The van der Waals surface area contributed by atoms with Crippen molar-refractivity contribution in [3.8, 4) is 22.3 Å². The predicted octanol–water partition coefficient (Wildman–Crippen LogP) is 5.15. The molecule has 7 rings (SSSR count). The third-order valence-corrected chi connectivity index (χ3v) is 11.8. The summed E-state index contributed by atoms with van der Waals surface area (Å²) in [6, 6.07) is 29.9. The second-order valence-electron chi connectivity index (χ2n) is 9.99. The van der Waals surface area contributed by atoms with Gasteiger partial charge in [-0.3, -0.25) is 19.2 Å². The van der Waals surface area contributed by atoms with Crippen molar-refractivity contribution in [2.45, 2.75) is 10.1 Å². The summed E-state index contributed by atoms with van der Waals surface area (Å²) in [4.78, 5) is 32.6. The molecule has 0 fully saturated rings. The lowest BCUT2D eigenvalue weighted by Crippen LogP contribution is -2.53. The SMILES string of the molecule is O=C(CS(=O)(=O)Nc1nc2ccc(-c3ccccc3)cc2s1)C1C(=O)N2C(=NS1(=O)=O)Sc1cc(-c3ccccc3)ccc12. The van der Waals surface area contributed by atoms with Crippen molar-refractivity contribution in [1.82, 2.24) is 4.98 Å². The van der Waals surface area contributed by atoms with E-state index in [9.17, 15) is 26.4 Å². The number of fused-ring (bicyclic) bond motifs is 4. The van der Waals surface area contributed by atoms with Crippen molar-refractivity contribution >= 4 is 81.0 Å². The topological polar surface area (TPSA) is 143 Å². The van der Waals surface area contributed by atoms with Crippen LogP contribution in [0.1, 0.15) is 0 Å². The van der Waals surface area contributed by atoms with Crippen molar-refractivity contribution in [3.63, 3.8) is 0 Å². The van der Waals surface area contributed by atoms with Gasteiger partial charge in [-0.05, 0) is 58.3 Å². The molecule has 0 bridgehead atoms. The molecule has 1 atom stereocenters. The van der Waals surface area contributed by atoms with Crippen molar-refractivity contribution in [2.24, 2.45) is 4.40 Å². The number of thiazole rings is 1.